The molecule has 0 saturated carbocycles. The average molecular weight is 285 g/mol. The van der Waals surface area contributed by atoms with Crippen molar-refractivity contribution in [1.29, 1.82) is 0 Å². The van der Waals surface area contributed by atoms with Gasteiger partial charge in [0, 0.05) is 29.5 Å². The predicted molar refractivity (Wildman–Crippen MR) is 81.0 cm³/mol. The van der Waals surface area contributed by atoms with Crippen LogP contribution in [-0.4, -0.2) is 17.1 Å². The van der Waals surface area contributed by atoms with E-state index in [1.807, 2.05) is 36.0 Å². The molecule has 3 rings (SSSR count). The first-order valence-electron chi connectivity index (χ1n) is 6.37. The van der Waals surface area contributed by atoms with Gasteiger partial charge in [0.2, 0.25) is 0 Å². The van der Waals surface area contributed by atoms with Crippen LogP contribution in [0.3, 0.4) is 0 Å². The van der Waals surface area contributed by atoms with E-state index in [1.165, 1.54) is 4.88 Å². The number of para-hydroxylation sites is 1. The Bertz CT molecular complexity index is 697. The number of nitrogens with zero attached hydrogens (tertiary/aromatic N) is 2. The van der Waals surface area contributed by atoms with E-state index in [0.29, 0.717) is 0 Å². The van der Waals surface area contributed by atoms with Crippen molar-refractivity contribution in [3.63, 3.8) is 0 Å². The summed E-state index contributed by atoms with van der Waals surface area (Å²) in [6.07, 6.45) is 1.88. The lowest BCUT2D eigenvalue weighted by Crippen LogP contribution is -2.12. The van der Waals surface area contributed by atoms with Crippen molar-refractivity contribution in [2.75, 3.05) is 7.11 Å². The number of ether oxygens (including phenoxy) is 1. The summed E-state index contributed by atoms with van der Waals surface area (Å²) in [6, 6.07) is 10.1. The molecule has 0 aliphatic rings. The molecule has 2 aromatic heterocycles. The number of thiazole rings is 1. The van der Waals surface area contributed by atoms with Crippen LogP contribution in [0.1, 0.15) is 10.6 Å². The standard InChI is InChI=1S/C15H15N3OS/c1-19-14-4-2-3-11-5-6-12(18-15(11)14)7-16-8-13-9-17-10-20-13/h2-6,9-10,16H,7-8H2,1H3. The minimum atomic E-state index is 0.728. The number of nitrogens with one attached hydrogen (secondary N) is 1. The Balaban J connectivity index is 1.75. The van der Waals surface area contributed by atoms with E-state index in [0.717, 1.165) is 35.4 Å². The van der Waals surface area contributed by atoms with Gasteiger partial charge in [-0.25, -0.2) is 4.98 Å². The van der Waals surface area contributed by atoms with E-state index in [2.05, 4.69) is 21.4 Å². The van der Waals surface area contributed by atoms with Crippen molar-refractivity contribution in [2.45, 2.75) is 13.1 Å². The van der Waals surface area contributed by atoms with Crippen LogP contribution in [0.5, 0.6) is 5.75 Å². The summed E-state index contributed by atoms with van der Waals surface area (Å²) < 4.78 is 5.36. The number of methoxy groups -OCH3 is 1. The highest BCUT2D eigenvalue weighted by Gasteiger charge is 2.04. The third-order valence-electron chi connectivity index (χ3n) is 3.05. The van der Waals surface area contributed by atoms with E-state index in [4.69, 9.17) is 4.74 Å². The van der Waals surface area contributed by atoms with Gasteiger partial charge in [-0.2, -0.15) is 0 Å². The maximum absolute atomic E-state index is 5.36. The van der Waals surface area contributed by atoms with Crippen molar-refractivity contribution in [3.8, 4) is 5.75 Å². The quantitative estimate of drug-likeness (QED) is 0.783. The first-order chi connectivity index (χ1) is 9.86. The number of aromatic nitrogens is 2. The molecule has 0 aliphatic heterocycles. The van der Waals surface area contributed by atoms with Crippen LogP contribution >= 0.6 is 11.3 Å². The molecule has 0 saturated heterocycles. The van der Waals surface area contributed by atoms with Gasteiger partial charge in [-0.3, -0.25) is 4.98 Å². The lowest BCUT2D eigenvalue weighted by Gasteiger charge is -2.07. The zero-order chi connectivity index (χ0) is 13.8. The summed E-state index contributed by atoms with van der Waals surface area (Å²) in [5.74, 6) is 0.812. The second-order valence-electron chi connectivity index (χ2n) is 4.41. The molecule has 4 nitrogen and oxygen atoms in total. The Morgan fingerprint density at radius 3 is 2.95 bits per heavy atom. The number of fused-ring (bicyclic) bond motifs is 1. The van der Waals surface area contributed by atoms with Gasteiger partial charge >= 0.3 is 0 Å². The van der Waals surface area contributed by atoms with E-state index in [1.54, 1.807) is 18.4 Å². The summed E-state index contributed by atoms with van der Waals surface area (Å²) in [5, 5.41) is 4.47. The summed E-state index contributed by atoms with van der Waals surface area (Å²) >= 11 is 1.65. The smallest absolute Gasteiger partial charge is 0.145 e. The van der Waals surface area contributed by atoms with Gasteiger partial charge in [-0.15, -0.1) is 11.3 Å². The molecule has 0 fully saturated rings. The fourth-order valence-corrected chi connectivity index (χ4v) is 2.63. The SMILES string of the molecule is COc1cccc2ccc(CNCc3cncs3)nc12. The normalized spacial score (nSPS) is 10.8. The van der Waals surface area contributed by atoms with E-state index in [9.17, 15) is 0 Å². The molecule has 1 aromatic carbocycles. The molecule has 0 bridgehead atoms. The zero-order valence-electron chi connectivity index (χ0n) is 11.2. The van der Waals surface area contributed by atoms with Gasteiger partial charge in [0.25, 0.3) is 0 Å². The van der Waals surface area contributed by atoms with E-state index in [-0.39, 0.29) is 0 Å². The third kappa shape index (κ3) is 2.79. The molecule has 0 unspecified atom stereocenters. The van der Waals surface area contributed by atoms with E-state index >= 15 is 0 Å². The minimum Gasteiger partial charge on any atom is -0.494 e. The van der Waals surface area contributed by atoms with Gasteiger partial charge in [0.1, 0.15) is 11.3 Å². The van der Waals surface area contributed by atoms with Gasteiger partial charge in [-0.05, 0) is 12.1 Å². The Morgan fingerprint density at radius 2 is 2.15 bits per heavy atom. The topological polar surface area (TPSA) is 47.0 Å². The molecular formula is C15H15N3OS. The molecule has 0 aliphatic carbocycles. The van der Waals surface area contributed by atoms with Crippen LogP contribution in [0.4, 0.5) is 0 Å². The van der Waals surface area contributed by atoms with Crippen molar-refractivity contribution in [2.24, 2.45) is 0 Å². The minimum absolute atomic E-state index is 0.728. The summed E-state index contributed by atoms with van der Waals surface area (Å²) in [7, 11) is 1.67. The van der Waals surface area contributed by atoms with Crippen molar-refractivity contribution in [3.05, 3.63) is 52.6 Å². The molecule has 0 atom stereocenters. The van der Waals surface area contributed by atoms with Crippen LogP contribution in [-0.2, 0) is 13.1 Å². The lowest BCUT2D eigenvalue weighted by atomic mass is 10.2. The molecule has 1 N–H and O–H groups in total. The first kappa shape index (κ1) is 13.0. The lowest BCUT2D eigenvalue weighted by molar-refractivity contribution is 0.418. The zero-order valence-corrected chi connectivity index (χ0v) is 12.0. The van der Waals surface area contributed by atoms with Gasteiger partial charge < -0.3 is 10.1 Å². The number of pyridine rings is 1. The van der Waals surface area contributed by atoms with Gasteiger partial charge in [0.15, 0.2) is 0 Å². The van der Waals surface area contributed by atoms with Crippen molar-refractivity contribution < 1.29 is 4.74 Å². The highest BCUT2D eigenvalue weighted by Crippen LogP contribution is 2.23. The molecule has 20 heavy (non-hydrogen) atoms. The predicted octanol–water partition coefficient (Wildman–Crippen LogP) is 2.99. The Hall–Kier alpha value is -1.98. The van der Waals surface area contributed by atoms with Crippen LogP contribution in [0.25, 0.3) is 10.9 Å². The average Bonchev–Trinajstić information content (AvgIpc) is 3.00. The number of benzene rings is 1. The molecule has 2 heterocycles. The number of rotatable bonds is 5. The molecular weight excluding hydrogens is 270 g/mol. The summed E-state index contributed by atoms with van der Waals surface area (Å²) in [5.41, 5.74) is 3.76. The van der Waals surface area contributed by atoms with E-state index < -0.39 is 0 Å². The molecule has 5 heteroatoms. The summed E-state index contributed by atoms with van der Waals surface area (Å²) in [4.78, 5) is 9.95. The van der Waals surface area contributed by atoms with Crippen LogP contribution < -0.4 is 10.1 Å². The maximum Gasteiger partial charge on any atom is 0.145 e. The Labute approximate surface area is 121 Å². The Kier molecular flexibility index (Phi) is 3.90. The molecule has 0 radical (unpaired) electrons. The monoisotopic (exact) mass is 285 g/mol. The Morgan fingerprint density at radius 1 is 1.20 bits per heavy atom. The largest absolute Gasteiger partial charge is 0.494 e. The van der Waals surface area contributed by atoms with Crippen molar-refractivity contribution in [1.82, 2.24) is 15.3 Å². The third-order valence-corrected chi connectivity index (χ3v) is 3.83. The molecule has 0 spiro atoms. The maximum atomic E-state index is 5.36. The molecule has 102 valence electrons. The fourth-order valence-electron chi connectivity index (χ4n) is 2.07. The number of hydrogen-bond donors (Lipinski definition) is 1. The van der Waals surface area contributed by atoms with Gasteiger partial charge in [-0.1, -0.05) is 18.2 Å². The first-order valence-corrected chi connectivity index (χ1v) is 7.25. The van der Waals surface area contributed by atoms with Crippen LogP contribution in [0.15, 0.2) is 42.0 Å². The second kappa shape index (κ2) is 5.98. The van der Waals surface area contributed by atoms with Crippen molar-refractivity contribution >= 4 is 22.2 Å². The fraction of sp³-hybridized carbons (Fsp3) is 0.200. The second-order valence-corrected chi connectivity index (χ2v) is 5.38. The molecule has 0 amide bonds. The molecule has 3 aromatic rings. The van der Waals surface area contributed by atoms with Crippen LogP contribution in [0, 0.1) is 0 Å². The summed E-state index contributed by atoms with van der Waals surface area (Å²) in [6.45, 7) is 1.54. The highest BCUT2D eigenvalue weighted by atomic mass is 32.1. The number of hydrogen-bond acceptors (Lipinski definition) is 5. The highest BCUT2D eigenvalue weighted by molar-refractivity contribution is 7.09. The van der Waals surface area contributed by atoms with Crippen LogP contribution in [0.2, 0.25) is 0 Å². The van der Waals surface area contributed by atoms with Gasteiger partial charge in [0.05, 0.1) is 18.3 Å².